The number of hydrogen-bond acceptors (Lipinski definition) is 4. The molecule has 0 aliphatic heterocycles. The number of nitrogens with one attached hydrogen (secondary N) is 1. The van der Waals surface area contributed by atoms with Crippen molar-refractivity contribution in [2.75, 3.05) is 7.11 Å². The Hall–Kier alpha value is -2.57. The molecule has 1 atom stereocenters. The highest BCUT2D eigenvalue weighted by atomic mass is 16.5. The molecule has 0 saturated heterocycles. The lowest BCUT2D eigenvalue weighted by Crippen LogP contribution is -2.42. The quantitative estimate of drug-likeness (QED) is 0.678. The molecule has 0 aliphatic rings. The summed E-state index contributed by atoms with van der Waals surface area (Å²) in [5, 5.41) is 19.7. The monoisotopic (exact) mass is 295 g/mol. The van der Waals surface area contributed by atoms with E-state index >= 15 is 0 Å². The van der Waals surface area contributed by atoms with Gasteiger partial charge in [-0.1, -0.05) is 17.7 Å². The van der Waals surface area contributed by atoms with Crippen LogP contribution >= 0.6 is 0 Å². The van der Waals surface area contributed by atoms with Crippen molar-refractivity contribution in [3.8, 4) is 5.75 Å². The third-order valence-corrected chi connectivity index (χ3v) is 2.80. The maximum absolute atomic E-state index is 11.9. The second-order valence-corrected chi connectivity index (χ2v) is 4.55. The van der Waals surface area contributed by atoms with Gasteiger partial charge >= 0.3 is 11.9 Å². The summed E-state index contributed by atoms with van der Waals surface area (Å²) < 4.78 is 5.13. The number of carbonyl (C=O) groups is 3. The number of amides is 1. The lowest BCUT2D eigenvalue weighted by Gasteiger charge is -2.14. The first-order valence-corrected chi connectivity index (χ1v) is 6.21. The second-order valence-electron chi connectivity index (χ2n) is 4.55. The Kier molecular flexibility index (Phi) is 5.71. The van der Waals surface area contributed by atoms with E-state index in [1.165, 1.54) is 7.11 Å². The van der Waals surface area contributed by atoms with Crippen molar-refractivity contribution in [2.24, 2.45) is 0 Å². The van der Waals surface area contributed by atoms with Gasteiger partial charge in [0.15, 0.2) is 0 Å². The molecule has 0 spiro atoms. The van der Waals surface area contributed by atoms with Gasteiger partial charge in [-0.15, -0.1) is 0 Å². The van der Waals surface area contributed by atoms with E-state index in [0.717, 1.165) is 5.56 Å². The Morgan fingerprint density at radius 2 is 1.95 bits per heavy atom. The van der Waals surface area contributed by atoms with Gasteiger partial charge in [0.2, 0.25) is 5.91 Å². The van der Waals surface area contributed by atoms with Gasteiger partial charge < -0.3 is 20.3 Å². The molecule has 0 heterocycles. The molecule has 0 saturated carbocycles. The predicted octanol–water partition coefficient (Wildman–Crippen LogP) is 0.590. The number of aryl methyl sites for hydroxylation is 1. The third kappa shape index (κ3) is 5.13. The van der Waals surface area contributed by atoms with Crippen LogP contribution in [0.4, 0.5) is 0 Å². The summed E-state index contributed by atoms with van der Waals surface area (Å²) >= 11 is 0. The van der Waals surface area contributed by atoms with Crippen LogP contribution < -0.4 is 10.1 Å². The largest absolute Gasteiger partial charge is 0.496 e. The molecule has 3 N–H and O–H groups in total. The maximum Gasteiger partial charge on any atom is 0.326 e. The molecule has 7 heteroatoms. The zero-order chi connectivity index (χ0) is 16.0. The number of rotatable bonds is 7. The van der Waals surface area contributed by atoms with Crippen LogP contribution in [0.15, 0.2) is 18.2 Å². The fourth-order valence-corrected chi connectivity index (χ4v) is 1.84. The molecule has 0 radical (unpaired) electrons. The van der Waals surface area contributed by atoms with Gasteiger partial charge in [-0.05, 0) is 13.0 Å². The molecule has 0 unspecified atom stereocenters. The van der Waals surface area contributed by atoms with Crippen molar-refractivity contribution in [1.82, 2.24) is 5.32 Å². The summed E-state index contributed by atoms with van der Waals surface area (Å²) in [6.07, 6.45) is -0.764. The average molecular weight is 295 g/mol. The van der Waals surface area contributed by atoms with Crippen LogP contribution in [0.25, 0.3) is 0 Å². The molecule has 1 amide bonds. The average Bonchev–Trinajstić information content (AvgIpc) is 2.37. The summed E-state index contributed by atoms with van der Waals surface area (Å²) in [6.45, 7) is 1.85. The van der Waals surface area contributed by atoms with E-state index in [9.17, 15) is 14.4 Å². The minimum Gasteiger partial charge on any atom is -0.496 e. The van der Waals surface area contributed by atoms with Crippen LogP contribution in [0.3, 0.4) is 0 Å². The van der Waals surface area contributed by atoms with Crippen molar-refractivity contribution in [3.63, 3.8) is 0 Å². The van der Waals surface area contributed by atoms with E-state index in [-0.39, 0.29) is 6.42 Å². The number of carboxylic acid groups (broad SMARTS) is 2. The van der Waals surface area contributed by atoms with Crippen molar-refractivity contribution in [1.29, 1.82) is 0 Å². The van der Waals surface area contributed by atoms with Crippen molar-refractivity contribution < 1.29 is 29.3 Å². The van der Waals surface area contributed by atoms with E-state index in [1.54, 1.807) is 12.1 Å². The first-order valence-electron chi connectivity index (χ1n) is 6.21. The van der Waals surface area contributed by atoms with E-state index in [4.69, 9.17) is 14.9 Å². The van der Waals surface area contributed by atoms with Crippen LogP contribution in [-0.4, -0.2) is 41.2 Å². The Bertz CT molecular complexity index is 554. The zero-order valence-corrected chi connectivity index (χ0v) is 11.8. The lowest BCUT2D eigenvalue weighted by atomic mass is 10.1. The molecule has 1 aromatic carbocycles. The van der Waals surface area contributed by atoms with E-state index < -0.39 is 30.3 Å². The number of carboxylic acids is 2. The number of hydrogen-bond donors (Lipinski definition) is 3. The van der Waals surface area contributed by atoms with Crippen LogP contribution in [0.1, 0.15) is 17.5 Å². The maximum atomic E-state index is 11.9. The Balaban J connectivity index is 2.78. The highest BCUT2D eigenvalue weighted by molar-refractivity contribution is 5.87. The molecule has 114 valence electrons. The number of aliphatic carboxylic acids is 2. The number of ether oxygens (including phenoxy) is 1. The summed E-state index contributed by atoms with van der Waals surface area (Å²) in [5.74, 6) is -2.74. The van der Waals surface area contributed by atoms with Crippen LogP contribution in [0.5, 0.6) is 5.75 Å². The minimum absolute atomic E-state index is 0.0890. The second kappa shape index (κ2) is 7.28. The normalized spacial score (nSPS) is 11.5. The van der Waals surface area contributed by atoms with Crippen LogP contribution in [-0.2, 0) is 20.8 Å². The molecule has 0 aliphatic carbocycles. The van der Waals surface area contributed by atoms with Crippen molar-refractivity contribution in [3.05, 3.63) is 29.3 Å². The first kappa shape index (κ1) is 16.5. The Morgan fingerprint density at radius 3 is 2.48 bits per heavy atom. The van der Waals surface area contributed by atoms with E-state index in [0.29, 0.717) is 11.3 Å². The number of benzene rings is 1. The zero-order valence-electron chi connectivity index (χ0n) is 11.8. The van der Waals surface area contributed by atoms with Gasteiger partial charge in [-0.3, -0.25) is 9.59 Å². The SMILES string of the molecule is COc1ccc(C)cc1CC(=O)N[C@@H](CC(=O)O)C(=O)O. The van der Waals surface area contributed by atoms with Crippen LogP contribution in [0.2, 0.25) is 0 Å². The molecule has 21 heavy (non-hydrogen) atoms. The summed E-state index contributed by atoms with van der Waals surface area (Å²) in [5.41, 5.74) is 1.54. The van der Waals surface area contributed by atoms with Gasteiger partial charge in [0, 0.05) is 5.56 Å². The molecule has 0 fully saturated rings. The first-order chi connectivity index (χ1) is 9.83. The smallest absolute Gasteiger partial charge is 0.326 e. The highest BCUT2D eigenvalue weighted by Crippen LogP contribution is 2.20. The van der Waals surface area contributed by atoms with Gasteiger partial charge in [0.05, 0.1) is 20.0 Å². The molecular weight excluding hydrogens is 278 g/mol. The van der Waals surface area contributed by atoms with E-state index in [1.807, 2.05) is 13.0 Å². The van der Waals surface area contributed by atoms with E-state index in [2.05, 4.69) is 5.32 Å². The molecule has 0 aromatic heterocycles. The number of carbonyl (C=O) groups excluding carboxylic acids is 1. The lowest BCUT2D eigenvalue weighted by molar-refractivity contribution is -0.147. The molecular formula is C14H17NO6. The van der Waals surface area contributed by atoms with Gasteiger partial charge in [0.1, 0.15) is 11.8 Å². The fourth-order valence-electron chi connectivity index (χ4n) is 1.84. The predicted molar refractivity (Wildman–Crippen MR) is 73.3 cm³/mol. The van der Waals surface area contributed by atoms with Gasteiger partial charge in [-0.2, -0.15) is 0 Å². The Labute approximate surface area is 121 Å². The Morgan fingerprint density at radius 1 is 1.29 bits per heavy atom. The standard InChI is InChI=1S/C14H17NO6/c1-8-3-4-11(21-2)9(5-8)6-12(16)15-10(14(19)20)7-13(17)18/h3-5,10H,6-7H2,1-2H3,(H,15,16)(H,17,18)(H,19,20)/t10-/m0/s1. The topological polar surface area (TPSA) is 113 Å². The van der Waals surface area contributed by atoms with Crippen molar-refractivity contribution in [2.45, 2.75) is 25.8 Å². The number of methoxy groups -OCH3 is 1. The summed E-state index contributed by atoms with van der Waals surface area (Å²) in [6, 6.07) is 3.84. The minimum atomic E-state index is -1.45. The molecule has 7 nitrogen and oxygen atoms in total. The van der Waals surface area contributed by atoms with Gasteiger partial charge in [-0.25, -0.2) is 4.79 Å². The van der Waals surface area contributed by atoms with Crippen LogP contribution in [0, 0.1) is 6.92 Å². The fraction of sp³-hybridized carbons (Fsp3) is 0.357. The van der Waals surface area contributed by atoms with Crippen molar-refractivity contribution >= 4 is 17.8 Å². The molecule has 1 rings (SSSR count). The van der Waals surface area contributed by atoms with Gasteiger partial charge in [0.25, 0.3) is 0 Å². The molecule has 1 aromatic rings. The third-order valence-electron chi connectivity index (χ3n) is 2.80. The molecule has 0 bridgehead atoms. The highest BCUT2D eigenvalue weighted by Gasteiger charge is 2.23. The summed E-state index contributed by atoms with van der Waals surface area (Å²) in [4.78, 5) is 33.3. The summed E-state index contributed by atoms with van der Waals surface area (Å²) in [7, 11) is 1.47.